The van der Waals surface area contributed by atoms with Crippen molar-refractivity contribution in [3.8, 4) is 0 Å². The molecule has 0 bridgehead atoms. The van der Waals surface area contributed by atoms with Crippen molar-refractivity contribution in [2.24, 2.45) is 5.41 Å². The molecule has 1 aromatic rings. The molecule has 0 aliphatic carbocycles. The van der Waals surface area contributed by atoms with E-state index in [1.165, 1.54) is 6.20 Å². The summed E-state index contributed by atoms with van der Waals surface area (Å²) in [5.41, 5.74) is 2.25. The van der Waals surface area contributed by atoms with Gasteiger partial charge in [-0.05, 0) is 16.5 Å². The molecule has 1 aromatic carbocycles. The van der Waals surface area contributed by atoms with Gasteiger partial charge in [0.25, 0.3) is 0 Å². The van der Waals surface area contributed by atoms with Crippen LogP contribution in [0.3, 0.4) is 0 Å². The van der Waals surface area contributed by atoms with Crippen molar-refractivity contribution >= 4 is 10.2 Å². The van der Waals surface area contributed by atoms with Crippen molar-refractivity contribution in [2.75, 3.05) is 6.54 Å². The average Bonchev–Trinajstić information content (AvgIpc) is 2.63. The number of rotatable bonds is 5. The highest BCUT2D eigenvalue weighted by Gasteiger charge is 2.26. The Kier molecular flexibility index (Phi) is 4.67. The highest BCUT2D eigenvalue weighted by molar-refractivity contribution is 7.87. The summed E-state index contributed by atoms with van der Waals surface area (Å²) in [6, 6.07) is 7.75. The Morgan fingerprint density at radius 1 is 1.18 bits per heavy atom. The van der Waals surface area contributed by atoms with Gasteiger partial charge < -0.3 is 10.4 Å². The molecule has 0 amide bonds. The zero-order valence-corrected chi connectivity index (χ0v) is 13.9. The van der Waals surface area contributed by atoms with Crippen LogP contribution in [-0.2, 0) is 23.3 Å². The molecule has 1 aliphatic heterocycles. The molecule has 1 aliphatic rings. The van der Waals surface area contributed by atoms with E-state index in [2.05, 4.69) is 26.1 Å². The SMILES string of the molecule is CC(C)(C)CNCc1ccc(CN2C=C(O)NS2(=O)=O)cc1. The molecule has 22 heavy (non-hydrogen) atoms. The molecule has 0 spiro atoms. The minimum atomic E-state index is -3.65. The maximum Gasteiger partial charge on any atom is 0.326 e. The minimum absolute atomic E-state index is 0.190. The number of nitrogens with one attached hydrogen (secondary N) is 2. The largest absolute Gasteiger partial charge is 0.493 e. The molecule has 0 fully saturated rings. The first kappa shape index (κ1) is 16.6. The second-order valence-electron chi connectivity index (χ2n) is 6.65. The van der Waals surface area contributed by atoms with Gasteiger partial charge in [-0.2, -0.15) is 8.42 Å². The molecule has 6 nitrogen and oxygen atoms in total. The zero-order chi connectivity index (χ0) is 16.4. The Balaban J connectivity index is 1.92. The van der Waals surface area contributed by atoms with Gasteiger partial charge in [-0.15, -0.1) is 0 Å². The quantitative estimate of drug-likeness (QED) is 0.771. The monoisotopic (exact) mass is 325 g/mol. The maximum atomic E-state index is 11.7. The summed E-state index contributed by atoms with van der Waals surface area (Å²) in [7, 11) is -3.65. The summed E-state index contributed by atoms with van der Waals surface area (Å²) in [5, 5.41) is 12.6. The van der Waals surface area contributed by atoms with Crippen LogP contribution in [0.4, 0.5) is 0 Å². The van der Waals surface area contributed by atoms with Crippen LogP contribution in [-0.4, -0.2) is 24.4 Å². The first-order valence-electron chi connectivity index (χ1n) is 7.15. The highest BCUT2D eigenvalue weighted by atomic mass is 32.2. The molecular weight excluding hydrogens is 302 g/mol. The molecule has 0 saturated heterocycles. The van der Waals surface area contributed by atoms with Crippen LogP contribution < -0.4 is 10.0 Å². The summed E-state index contributed by atoms with van der Waals surface area (Å²) in [6.07, 6.45) is 1.17. The van der Waals surface area contributed by atoms with Gasteiger partial charge in [0.1, 0.15) is 0 Å². The lowest BCUT2D eigenvalue weighted by Gasteiger charge is -2.19. The fraction of sp³-hybridized carbons (Fsp3) is 0.467. The Morgan fingerprint density at radius 3 is 2.27 bits per heavy atom. The van der Waals surface area contributed by atoms with E-state index in [0.29, 0.717) is 0 Å². The lowest BCUT2D eigenvalue weighted by atomic mass is 9.97. The van der Waals surface area contributed by atoms with Gasteiger partial charge in [0.2, 0.25) is 5.88 Å². The van der Waals surface area contributed by atoms with Crippen LogP contribution in [0.5, 0.6) is 0 Å². The standard InChI is InChI=1S/C15H23N3O3S/c1-15(2,3)11-16-8-12-4-6-13(7-5-12)9-18-10-14(19)17-22(18,20)21/h4-7,10,16-17,19H,8-9,11H2,1-3H3. The van der Waals surface area contributed by atoms with Crippen LogP contribution in [0.1, 0.15) is 31.9 Å². The normalized spacial score (nSPS) is 17.2. The van der Waals surface area contributed by atoms with Gasteiger partial charge >= 0.3 is 10.2 Å². The van der Waals surface area contributed by atoms with Crippen molar-refractivity contribution in [1.82, 2.24) is 14.3 Å². The summed E-state index contributed by atoms with van der Waals surface area (Å²) in [6.45, 7) is 8.43. The molecule has 3 N–H and O–H groups in total. The van der Waals surface area contributed by atoms with Gasteiger partial charge in [-0.3, -0.25) is 4.31 Å². The van der Waals surface area contributed by atoms with E-state index in [1.54, 1.807) is 0 Å². The van der Waals surface area contributed by atoms with Crippen LogP contribution in [0, 0.1) is 5.41 Å². The number of benzene rings is 1. The second kappa shape index (κ2) is 6.18. The molecule has 1 heterocycles. The number of hydrogen-bond donors (Lipinski definition) is 3. The van der Waals surface area contributed by atoms with Crippen molar-refractivity contribution in [1.29, 1.82) is 0 Å². The predicted molar refractivity (Wildman–Crippen MR) is 85.9 cm³/mol. The van der Waals surface area contributed by atoms with Crippen molar-refractivity contribution < 1.29 is 13.5 Å². The van der Waals surface area contributed by atoms with Crippen molar-refractivity contribution in [3.63, 3.8) is 0 Å². The van der Waals surface area contributed by atoms with Gasteiger partial charge in [-0.1, -0.05) is 45.0 Å². The third-order valence-corrected chi connectivity index (χ3v) is 4.47. The fourth-order valence-electron chi connectivity index (χ4n) is 2.08. The lowest BCUT2D eigenvalue weighted by Crippen LogP contribution is -2.29. The Morgan fingerprint density at radius 2 is 1.77 bits per heavy atom. The number of hydrogen-bond acceptors (Lipinski definition) is 4. The number of aliphatic hydroxyl groups excluding tert-OH is 1. The molecule has 122 valence electrons. The van der Waals surface area contributed by atoms with Crippen LogP contribution in [0.15, 0.2) is 36.3 Å². The van der Waals surface area contributed by atoms with Gasteiger partial charge in [-0.25, -0.2) is 4.72 Å². The van der Waals surface area contributed by atoms with Crippen molar-refractivity contribution in [2.45, 2.75) is 33.9 Å². The van der Waals surface area contributed by atoms with Gasteiger partial charge in [0.15, 0.2) is 0 Å². The zero-order valence-electron chi connectivity index (χ0n) is 13.1. The topological polar surface area (TPSA) is 81.7 Å². The van der Waals surface area contributed by atoms with Crippen molar-refractivity contribution in [3.05, 3.63) is 47.5 Å². The third-order valence-electron chi connectivity index (χ3n) is 3.15. The van der Waals surface area contributed by atoms with E-state index in [9.17, 15) is 13.5 Å². The summed E-state index contributed by atoms with van der Waals surface area (Å²) in [4.78, 5) is 0. The summed E-state index contributed by atoms with van der Waals surface area (Å²) in [5.74, 6) is -0.358. The van der Waals surface area contributed by atoms with Crippen LogP contribution in [0.25, 0.3) is 0 Å². The average molecular weight is 325 g/mol. The molecule has 0 aromatic heterocycles. The Hall–Kier alpha value is -1.73. The van der Waals surface area contributed by atoms with E-state index in [1.807, 2.05) is 29.0 Å². The number of aliphatic hydroxyl groups is 1. The molecule has 0 saturated carbocycles. The van der Waals surface area contributed by atoms with Crippen LogP contribution >= 0.6 is 0 Å². The van der Waals surface area contributed by atoms with E-state index in [-0.39, 0.29) is 17.8 Å². The smallest absolute Gasteiger partial charge is 0.326 e. The van der Waals surface area contributed by atoms with E-state index < -0.39 is 10.2 Å². The molecule has 0 unspecified atom stereocenters. The first-order chi connectivity index (χ1) is 10.2. The number of nitrogens with zero attached hydrogens (tertiary/aromatic N) is 1. The molecule has 0 atom stereocenters. The molecule has 0 radical (unpaired) electrons. The molecule has 7 heteroatoms. The maximum absolute atomic E-state index is 11.7. The third kappa shape index (κ3) is 4.64. The Bertz CT molecular complexity index is 646. The predicted octanol–water partition coefficient (Wildman–Crippen LogP) is 1.83. The highest BCUT2D eigenvalue weighted by Crippen LogP contribution is 2.16. The molecule has 2 rings (SSSR count). The summed E-state index contributed by atoms with van der Waals surface area (Å²) >= 11 is 0. The molecular formula is C15H23N3O3S. The summed E-state index contributed by atoms with van der Waals surface area (Å²) < 4.78 is 26.4. The van der Waals surface area contributed by atoms with Crippen LogP contribution in [0.2, 0.25) is 0 Å². The van der Waals surface area contributed by atoms with E-state index in [0.717, 1.165) is 28.5 Å². The first-order valence-corrected chi connectivity index (χ1v) is 8.59. The lowest BCUT2D eigenvalue weighted by molar-refractivity contribution is 0.379. The van der Waals surface area contributed by atoms with E-state index >= 15 is 0 Å². The van der Waals surface area contributed by atoms with E-state index in [4.69, 9.17) is 0 Å². The van der Waals surface area contributed by atoms with Gasteiger partial charge in [0.05, 0.1) is 12.7 Å². The second-order valence-corrected chi connectivity index (χ2v) is 8.27. The Labute approximate surface area is 132 Å². The fourth-order valence-corrected chi connectivity index (χ4v) is 3.07. The minimum Gasteiger partial charge on any atom is -0.493 e. The van der Waals surface area contributed by atoms with Gasteiger partial charge in [0, 0.05) is 13.1 Å².